The molecule has 1 N–H and O–H groups in total. The van der Waals surface area contributed by atoms with Crippen LogP contribution in [0.5, 0.6) is 0 Å². The monoisotopic (exact) mass is 252 g/mol. The number of carbonyl (C=O) groups excluding carboxylic acids is 1. The molecule has 0 unspecified atom stereocenters. The van der Waals surface area contributed by atoms with Crippen LogP contribution in [0.1, 0.15) is 16.7 Å². The van der Waals surface area contributed by atoms with Crippen molar-refractivity contribution in [2.45, 2.75) is 13.3 Å². The van der Waals surface area contributed by atoms with E-state index in [0.29, 0.717) is 16.8 Å². The highest BCUT2D eigenvalue weighted by atomic mass is 16.1. The molecule has 0 radical (unpaired) electrons. The molecule has 0 fully saturated rings. The summed E-state index contributed by atoms with van der Waals surface area (Å²) < 4.78 is 0. The van der Waals surface area contributed by atoms with Crippen molar-refractivity contribution in [2.75, 3.05) is 5.32 Å². The second-order valence-corrected chi connectivity index (χ2v) is 4.11. The van der Waals surface area contributed by atoms with Crippen molar-refractivity contribution in [1.29, 1.82) is 5.26 Å². The maximum Gasteiger partial charge on any atom is 0.228 e. The molecule has 5 heteroatoms. The molecule has 0 atom stereocenters. The van der Waals surface area contributed by atoms with Gasteiger partial charge in [-0.3, -0.25) is 14.8 Å². The Morgan fingerprint density at radius 3 is 2.95 bits per heavy atom. The van der Waals surface area contributed by atoms with Crippen molar-refractivity contribution in [3.05, 3.63) is 53.6 Å². The minimum atomic E-state index is -0.159. The molecule has 2 heterocycles. The molecule has 0 spiro atoms. The summed E-state index contributed by atoms with van der Waals surface area (Å²) in [5.74, 6) is -0.159. The normalized spacial score (nSPS) is 9.68. The van der Waals surface area contributed by atoms with E-state index in [0.717, 1.165) is 5.56 Å². The molecule has 0 aliphatic rings. The largest absolute Gasteiger partial charge is 0.324 e. The Balaban J connectivity index is 2.06. The van der Waals surface area contributed by atoms with Crippen molar-refractivity contribution in [3.63, 3.8) is 0 Å². The SMILES string of the molecule is Cc1ccncc1NC(=O)Cc1cncc(C#N)c1. The van der Waals surface area contributed by atoms with Crippen LogP contribution in [0.3, 0.4) is 0 Å². The molecule has 19 heavy (non-hydrogen) atoms. The average molecular weight is 252 g/mol. The van der Waals surface area contributed by atoms with Crippen molar-refractivity contribution in [3.8, 4) is 6.07 Å². The van der Waals surface area contributed by atoms with E-state index in [1.54, 1.807) is 24.7 Å². The van der Waals surface area contributed by atoms with Crippen LogP contribution in [0.25, 0.3) is 0 Å². The highest BCUT2D eigenvalue weighted by Gasteiger charge is 2.07. The fraction of sp³-hybridized carbons (Fsp3) is 0.143. The van der Waals surface area contributed by atoms with Gasteiger partial charge in [0.2, 0.25) is 5.91 Å². The molecule has 0 aliphatic heterocycles. The van der Waals surface area contributed by atoms with E-state index in [4.69, 9.17) is 5.26 Å². The minimum absolute atomic E-state index is 0.159. The van der Waals surface area contributed by atoms with Crippen LogP contribution in [0, 0.1) is 18.3 Å². The standard InChI is InChI=1S/C14H12N4O/c1-10-2-3-16-9-13(10)18-14(19)5-11-4-12(6-15)8-17-7-11/h2-4,7-9H,5H2,1H3,(H,18,19). The molecule has 2 rings (SSSR count). The van der Waals surface area contributed by atoms with Crippen molar-refractivity contribution < 1.29 is 4.79 Å². The summed E-state index contributed by atoms with van der Waals surface area (Å²) >= 11 is 0. The molecule has 0 aliphatic carbocycles. The average Bonchev–Trinajstić information content (AvgIpc) is 2.41. The number of nitrogens with one attached hydrogen (secondary N) is 1. The molecule has 0 saturated carbocycles. The van der Waals surface area contributed by atoms with Crippen LogP contribution >= 0.6 is 0 Å². The Morgan fingerprint density at radius 2 is 2.21 bits per heavy atom. The Labute approximate surface area is 110 Å². The minimum Gasteiger partial charge on any atom is -0.324 e. The van der Waals surface area contributed by atoms with E-state index in [1.165, 1.54) is 6.20 Å². The predicted octanol–water partition coefficient (Wildman–Crippen LogP) is 1.84. The highest BCUT2D eigenvalue weighted by molar-refractivity contribution is 5.92. The van der Waals surface area contributed by atoms with E-state index in [9.17, 15) is 4.79 Å². The zero-order valence-electron chi connectivity index (χ0n) is 10.4. The van der Waals surface area contributed by atoms with Gasteiger partial charge in [0.1, 0.15) is 6.07 Å². The lowest BCUT2D eigenvalue weighted by Crippen LogP contribution is -2.15. The van der Waals surface area contributed by atoms with Crippen LogP contribution in [0.2, 0.25) is 0 Å². The fourth-order valence-electron chi connectivity index (χ4n) is 1.62. The van der Waals surface area contributed by atoms with Gasteiger partial charge in [-0.2, -0.15) is 5.26 Å². The maximum atomic E-state index is 11.9. The summed E-state index contributed by atoms with van der Waals surface area (Å²) in [6.07, 6.45) is 6.50. The van der Waals surface area contributed by atoms with Crippen LogP contribution in [0.4, 0.5) is 5.69 Å². The summed E-state index contributed by atoms with van der Waals surface area (Å²) in [6, 6.07) is 5.48. The zero-order valence-corrected chi connectivity index (χ0v) is 10.4. The van der Waals surface area contributed by atoms with E-state index in [-0.39, 0.29) is 12.3 Å². The summed E-state index contributed by atoms with van der Waals surface area (Å²) in [4.78, 5) is 19.8. The number of carbonyl (C=O) groups is 1. The molecule has 1 amide bonds. The van der Waals surface area contributed by atoms with Crippen molar-refractivity contribution in [1.82, 2.24) is 9.97 Å². The highest BCUT2D eigenvalue weighted by Crippen LogP contribution is 2.12. The third kappa shape index (κ3) is 3.36. The van der Waals surface area contributed by atoms with Crippen LogP contribution < -0.4 is 5.32 Å². The van der Waals surface area contributed by atoms with E-state index >= 15 is 0 Å². The van der Waals surface area contributed by atoms with Crippen LogP contribution in [-0.4, -0.2) is 15.9 Å². The van der Waals surface area contributed by atoms with Crippen LogP contribution in [0.15, 0.2) is 36.9 Å². The molecule has 5 nitrogen and oxygen atoms in total. The lowest BCUT2D eigenvalue weighted by atomic mass is 10.1. The summed E-state index contributed by atoms with van der Waals surface area (Å²) in [7, 11) is 0. The molecule has 2 aromatic heterocycles. The molecule has 0 aromatic carbocycles. The van der Waals surface area contributed by atoms with Gasteiger partial charge in [0, 0.05) is 18.6 Å². The number of hydrogen-bond acceptors (Lipinski definition) is 4. The van der Waals surface area contributed by atoms with Gasteiger partial charge in [0.25, 0.3) is 0 Å². The lowest BCUT2D eigenvalue weighted by Gasteiger charge is -2.07. The van der Waals surface area contributed by atoms with Crippen molar-refractivity contribution >= 4 is 11.6 Å². The van der Waals surface area contributed by atoms with E-state index in [1.807, 2.05) is 19.1 Å². The van der Waals surface area contributed by atoms with Gasteiger partial charge < -0.3 is 5.32 Å². The van der Waals surface area contributed by atoms with Gasteiger partial charge in [-0.15, -0.1) is 0 Å². The third-order valence-corrected chi connectivity index (χ3v) is 2.60. The smallest absolute Gasteiger partial charge is 0.228 e. The molecule has 0 bridgehead atoms. The number of hydrogen-bond donors (Lipinski definition) is 1. The van der Waals surface area contributed by atoms with Crippen molar-refractivity contribution in [2.24, 2.45) is 0 Å². The number of pyridine rings is 2. The molecule has 0 saturated heterocycles. The number of rotatable bonds is 3. The summed E-state index contributed by atoms with van der Waals surface area (Å²) in [6.45, 7) is 1.90. The van der Waals surface area contributed by atoms with E-state index in [2.05, 4.69) is 15.3 Å². The first-order valence-corrected chi connectivity index (χ1v) is 5.73. The maximum absolute atomic E-state index is 11.9. The van der Waals surface area contributed by atoms with Gasteiger partial charge in [-0.25, -0.2) is 0 Å². The Kier molecular flexibility index (Phi) is 3.84. The Bertz CT molecular complexity index is 646. The quantitative estimate of drug-likeness (QED) is 0.904. The number of nitriles is 1. The summed E-state index contributed by atoms with van der Waals surface area (Å²) in [5, 5.41) is 11.6. The number of anilines is 1. The second-order valence-electron chi connectivity index (χ2n) is 4.11. The fourth-order valence-corrected chi connectivity index (χ4v) is 1.62. The number of aryl methyl sites for hydroxylation is 1. The zero-order chi connectivity index (χ0) is 13.7. The van der Waals surface area contributed by atoms with E-state index < -0.39 is 0 Å². The molecule has 94 valence electrons. The second kappa shape index (κ2) is 5.74. The number of aromatic nitrogens is 2. The molecular weight excluding hydrogens is 240 g/mol. The molecular formula is C14H12N4O. The Morgan fingerprint density at radius 1 is 1.37 bits per heavy atom. The first-order chi connectivity index (χ1) is 9.19. The van der Waals surface area contributed by atoms with Crippen LogP contribution in [-0.2, 0) is 11.2 Å². The van der Waals surface area contributed by atoms with Gasteiger partial charge in [0.15, 0.2) is 0 Å². The van der Waals surface area contributed by atoms with Gasteiger partial charge >= 0.3 is 0 Å². The summed E-state index contributed by atoms with van der Waals surface area (Å²) in [5.41, 5.74) is 2.80. The number of amides is 1. The van der Waals surface area contributed by atoms with Gasteiger partial charge in [-0.05, 0) is 30.2 Å². The third-order valence-electron chi connectivity index (χ3n) is 2.60. The number of nitrogens with zero attached hydrogens (tertiary/aromatic N) is 3. The first-order valence-electron chi connectivity index (χ1n) is 5.73. The topological polar surface area (TPSA) is 78.7 Å². The molecule has 2 aromatic rings. The lowest BCUT2D eigenvalue weighted by molar-refractivity contribution is -0.115. The first kappa shape index (κ1) is 12.7. The Hall–Kier alpha value is -2.74. The predicted molar refractivity (Wildman–Crippen MR) is 70.3 cm³/mol. The van der Waals surface area contributed by atoms with Gasteiger partial charge in [0.05, 0.1) is 23.9 Å². The van der Waals surface area contributed by atoms with Gasteiger partial charge in [-0.1, -0.05) is 0 Å².